The van der Waals surface area contributed by atoms with E-state index in [0.717, 1.165) is 6.07 Å². The minimum atomic E-state index is -3.22. The number of nitrogens with one attached hydrogen (secondary N) is 1. The van der Waals surface area contributed by atoms with Crippen molar-refractivity contribution in [2.45, 2.75) is 38.5 Å². The lowest BCUT2D eigenvalue weighted by atomic mass is 9.95. The van der Waals surface area contributed by atoms with Gasteiger partial charge in [0.05, 0.1) is 11.2 Å². The van der Waals surface area contributed by atoms with Crippen LogP contribution in [0.3, 0.4) is 0 Å². The van der Waals surface area contributed by atoms with E-state index in [2.05, 4.69) is 15.0 Å². The predicted octanol–water partition coefficient (Wildman–Crippen LogP) is 4.13. The molecular formula is C29H29F3N4O5. The molecule has 2 atom stereocenters. The van der Waals surface area contributed by atoms with Crippen LogP contribution in [0.5, 0.6) is 11.5 Å². The van der Waals surface area contributed by atoms with Gasteiger partial charge in [-0.1, -0.05) is 12.1 Å². The number of anilines is 1. The molecule has 1 saturated heterocycles. The third-order valence-electron chi connectivity index (χ3n) is 6.84. The lowest BCUT2D eigenvalue weighted by molar-refractivity contribution is -0.136. The van der Waals surface area contributed by atoms with Gasteiger partial charge in [0, 0.05) is 50.4 Å². The second kappa shape index (κ2) is 12.7. The normalized spacial score (nSPS) is 17.8. The van der Waals surface area contributed by atoms with Crippen molar-refractivity contribution >= 4 is 23.4 Å². The predicted molar refractivity (Wildman–Crippen MR) is 143 cm³/mol. The van der Waals surface area contributed by atoms with E-state index < -0.39 is 54.7 Å². The largest absolute Gasteiger partial charge is 0.493 e. The van der Waals surface area contributed by atoms with E-state index >= 15 is 0 Å². The summed E-state index contributed by atoms with van der Waals surface area (Å²) in [7, 11) is -1.43. The molecule has 1 aliphatic rings. The molecular weight excluding hydrogens is 541 g/mol. The number of likely N-dealkylation sites (tertiary alicyclic amines) is 1. The van der Waals surface area contributed by atoms with E-state index in [4.69, 9.17) is 8.85 Å². The average molecular weight is 574 g/mol. The lowest BCUT2D eigenvalue weighted by Crippen LogP contribution is -2.45. The van der Waals surface area contributed by atoms with Crippen LogP contribution in [-0.2, 0) is 16.1 Å². The number of pyridine rings is 1. The van der Waals surface area contributed by atoms with Crippen LogP contribution in [0, 0.1) is 5.82 Å². The van der Waals surface area contributed by atoms with Gasteiger partial charge in [-0.25, -0.2) is 4.39 Å². The highest BCUT2D eigenvalue weighted by Gasteiger charge is 2.39. The van der Waals surface area contributed by atoms with Crippen LogP contribution in [-0.4, -0.2) is 60.9 Å². The maximum Gasteiger partial charge on any atom is 0.387 e. The van der Waals surface area contributed by atoms with E-state index in [1.54, 1.807) is 12.1 Å². The number of aromatic nitrogens is 1. The van der Waals surface area contributed by atoms with Crippen molar-refractivity contribution in [3.63, 3.8) is 0 Å². The van der Waals surface area contributed by atoms with Crippen LogP contribution in [0.25, 0.3) is 0 Å². The summed E-state index contributed by atoms with van der Waals surface area (Å²) in [5.41, 5.74) is 1.37. The molecule has 1 fully saturated rings. The standard InChI is InChI=1S/C29H29F3N4O5/c1-17(37)36-16-20(18-6-11-24(41-29(31)32)25(14-18)40-3)13-23(36)27(38)34-15-19-5-4-12-33-26(19)28(39)35(2)22-9-7-21(30)8-10-22/h4-12,14,20,23,29H,13,15-16H2,1-3H3,(H,34,38)/t20?,23-/m1/s1/i3D3. The fourth-order valence-corrected chi connectivity index (χ4v) is 4.74. The fourth-order valence-electron chi connectivity index (χ4n) is 4.74. The molecule has 2 aromatic carbocycles. The van der Waals surface area contributed by atoms with Crippen molar-refractivity contribution in [1.82, 2.24) is 15.2 Å². The van der Waals surface area contributed by atoms with Gasteiger partial charge in [0.15, 0.2) is 11.5 Å². The summed E-state index contributed by atoms with van der Waals surface area (Å²) in [6.07, 6.45) is 1.57. The molecule has 0 bridgehead atoms. The highest BCUT2D eigenvalue weighted by molar-refractivity contribution is 6.05. The molecule has 1 aliphatic heterocycles. The number of methoxy groups -OCH3 is 1. The minimum absolute atomic E-state index is 0.0697. The number of benzene rings is 2. The molecule has 3 amide bonds. The summed E-state index contributed by atoms with van der Waals surface area (Å²) in [6.45, 7) is -1.91. The number of nitrogens with zero attached hydrogens (tertiary/aromatic N) is 3. The Labute approximate surface area is 239 Å². The van der Waals surface area contributed by atoms with Crippen LogP contribution in [0.2, 0.25) is 0 Å². The van der Waals surface area contributed by atoms with Gasteiger partial charge in [0.25, 0.3) is 5.91 Å². The quantitative estimate of drug-likeness (QED) is 0.413. The summed E-state index contributed by atoms with van der Waals surface area (Å²) in [6, 6.07) is 11.5. The Morgan fingerprint density at radius 2 is 1.93 bits per heavy atom. The van der Waals surface area contributed by atoms with E-state index in [9.17, 15) is 27.6 Å². The van der Waals surface area contributed by atoms with Gasteiger partial charge in [-0.3, -0.25) is 19.4 Å². The maximum atomic E-state index is 13.4. The topological polar surface area (TPSA) is 101 Å². The molecule has 0 radical (unpaired) electrons. The Hall–Kier alpha value is -4.61. The van der Waals surface area contributed by atoms with E-state index in [-0.39, 0.29) is 31.1 Å². The molecule has 0 spiro atoms. The number of rotatable bonds is 9. The van der Waals surface area contributed by atoms with Crippen molar-refractivity contribution in [3.8, 4) is 11.5 Å². The van der Waals surface area contributed by atoms with Gasteiger partial charge >= 0.3 is 6.61 Å². The summed E-state index contributed by atoms with van der Waals surface area (Å²) in [5.74, 6) is -3.19. The highest BCUT2D eigenvalue weighted by atomic mass is 19.3. The van der Waals surface area contributed by atoms with Crippen LogP contribution >= 0.6 is 0 Å². The van der Waals surface area contributed by atoms with Gasteiger partial charge in [0.2, 0.25) is 11.8 Å². The van der Waals surface area contributed by atoms with Gasteiger partial charge in [-0.05, 0) is 54.4 Å². The Kier molecular flexibility index (Phi) is 7.86. The fraction of sp³-hybridized carbons (Fsp3) is 0.310. The Balaban J connectivity index is 1.50. The van der Waals surface area contributed by atoms with E-state index in [1.165, 1.54) is 66.4 Å². The monoisotopic (exact) mass is 573 g/mol. The molecule has 9 nitrogen and oxygen atoms in total. The van der Waals surface area contributed by atoms with Crippen LogP contribution < -0.4 is 19.7 Å². The minimum Gasteiger partial charge on any atom is -0.493 e. The smallest absolute Gasteiger partial charge is 0.387 e. The first-order valence-corrected chi connectivity index (χ1v) is 12.5. The Morgan fingerprint density at radius 1 is 1.17 bits per heavy atom. The summed E-state index contributed by atoms with van der Waals surface area (Å²) in [4.78, 5) is 45.9. The number of amides is 3. The first-order chi connectivity index (χ1) is 20.7. The molecule has 0 saturated carbocycles. The Morgan fingerprint density at radius 3 is 2.61 bits per heavy atom. The molecule has 1 aromatic heterocycles. The summed E-state index contributed by atoms with van der Waals surface area (Å²) in [5, 5.41) is 2.76. The Bertz CT molecular complexity index is 1520. The molecule has 4 rings (SSSR count). The summed E-state index contributed by atoms with van der Waals surface area (Å²) < 4.78 is 70.4. The zero-order valence-electron chi connectivity index (χ0n) is 25.1. The highest BCUT2D eigenvalue weighted by Crippen LogP contribution is 2.37. The number of carbonyl (C=O) groups excluding carboxylic acids is 3. The molecule has 41 heavy (non-hydrogen) atoms. The molecule has 2 heterocycles. The SMILES string of the molecule is [2H]C([2H])([2H])Oc1cc(C2C[C@H](C(=O)NCc3cccnc3C(=O)N(C)c3ccc(F)cc3)N(C(C)=O)C2)ccc1OC(F)F. The number of hydrogen-bond donors (Lipinski definition) is 1. The number of alkyl halides is 2. The van der Waals surface area contributed by atoms with Crippen molar-refractivity contribution in [2.24, 2.45) is 0 Å². The first kappa shape index (κ1) is 25.4. The summed E-state index contributed by atoms with van der Waals surface area (Å²) >= 11 is 0. The average Bonchev–Trinajstić information content (AvgIpc) is 3.42. The zero-order valence-corrected chi connectivity index (χ0v) is 22.1. The number of ether oxygens (including phenoxy) is 2. The zero-order chi connectivity index (χ0) is 32.2. The maximum absolute atomic E-state index is 13.4. The van der Waals surface area contributed by atoms with E-state index in [0.29, 0.717) is 16.8 Å². The third kappa shape index (κ3) is 6.76. The molecule has 0 aliphatic carbocycles. The van der Waals surface area contributed by atoms with Gasteiger partial charge in [-0.15, -0.1) is 0 Å². The molecule has 12 heteroatoms. The molecule has 1 N–H and O–H groups in total. The van der Waals surface area contributed by atoms with Crippen LogP contribution in [0.4, 0.5) is 18.9 Å². The van der Waals surface area contributed by atoms with Crippen molar-refractivity contribution in [1.29, 1.82) is 0 Å². The van der Waals surface area contributed by atoms with E-state index in [1.807, 2.05) is 0 Å². The molecule has 3 aromatic rings. The number of carbonyl (C=O) groups is 3. The van der Waals surface area contributed by atoms with Crippen LogP contribution in [0.15, 0.2) is 60.8 Å². The van der Waals surface area contributed by atoms with Gasteiger partial charge in [-0.2, -0.15) is 8.78 Å². The van der Waals surface area contributed by atoms with Crippen molar-refractivity contribution in [3.05, 3.63) is 83.4 Å². The van der Waals surface area contributed by atoms with Gasteiger partial charge < -0.3 is 24.6 Å². The number of hydrogen-bond acceptors (Lipinski definition) is 6. The molecule has 1 unspecified atom stereocenters. The number of halogens is 3. The second-order valence-corrected chi connectivity index (χ2v) is 9.38. The second-order valence-electron chi connectivity index (χ2n) is 9.38. The van der Waals surface area contributed by atoms with Crippen molar-refractivity contribution < 1.29 is 41.1 Å². The first-order valence-electron chi connectivity index (χ1n) is 14.0. The molecule has 216 valence electrons. The lowest BCUT2D eigenvalue weighted by Gasteiger charge is -2.23. The third-order valence-corrected chi connectivity index (χ3v) is 6.84. The van der Waals surface area contributed by atoms with Gasteiger partial charge in [0.1, 0.15) is 17.6 Å². The van der Waals surface area contributed by atoms with Crippen LogP contribution in [0.1, 0.15) is 45.0 Å². The van der Waals surface area contributed by atoms with Crippen molar-refractivity contribution in [2.75, 3.05) is 25.5 Å².